The lowest BCUT2D eigenvalue weighted by molar-refractivity contribution is 0.625. The Hall–Kier alpha value is -1.42. The molecule has 0 unspecified atom stereocenters. The molecule has 1 N–H and O–H groups in total. The largest absolute Gasteiger partial charge is 0.369 e. The number of pyridine rings is 1. The van der Waals surface area contributed by atoms with Crippen LogP contribution in [-0.4, -0.2) is 11.5 Å². The highest BCUT2D eigenvalue weighted by Gasteiger charge is 2.03. The number of halogens is 2. The summed E-state index contributed by atoms with van der Waals surface area (Å²) in [5.74, 6) is 0.633. The molecule has 1 heterocycles. The summed E-state index contributed by atoms with van der Waals surface area (Å²) in [6.45, 7) is 2.74. The molecule has 2 rings (SSSR count). The molecule has 0 aliphatic rings. The second kappa shape index (κ2) is 5.96. The monoisotopic (exact) mass is 308 g/mol. The maximum absolute atomic E-state index is 13.0. The van der Waals surface area contributed by atoms with Crippen LogP contribution in [0.25, 0.3) is 0 Å². The number of nitrogens with zero attached hydrogens (tertiary/aromatic N) is 1. The smallest absolute Gasteiger partial charge is 0.140 e. The second-order valence-electron chi connectivity index (χ2n) is 4.10. The molecule has 0 radical (unpaired) electrons. The first-order chi connectivity index (χ1) is 8.66. The normalized spacial score (nSPS) is 10.4. The highest BCUT2D eigenvalue weighted by atomic mass is 79.9. The van der Waals surface area contributed by atoms with Crippen LogP contribution >= 0.6 is 15.9 Å². The average molecular weight is 309 g/mol. The van der Waals surface area contributed by atoms with Crippen molar-refractivity contribution in [3.63, 3.8) is 0 Å². The summed E-state index contributed by atoms with van der Waals surface area (Å²) in [6, 6.07) is 8.60. The quantitative estimate of drug-likeness (QED) is 0.925. The second-order valence-corrected chi connectivity index (χ2v) is 4.89. The molecule has 0 saturated carbocycles. The highest BCUT2D eigenvalue weighted by Crippen LogP contribution is 2.23. The Morgan fingerprint density at radius 1 is 1.33 bits per heavy atom. The molecular weight excluding hydrogens is 295 g/mol. The first kappa shape index (κ1) is 13.0. The Bertz CT molecular complexity index is 543. The zero-order chi connectivity index (χ0) is 13.0. The molecule has 0 bridgehead atoms. The van der Waals surface area contributed by atoms with E-state index in [0.29, 0.717) is 0 Å². The van der Waals surface area contributed by atoms with E-state index in [2.05, 4.69) is 26.2 Å². The first-order valence-corrected chi connectivity index (χ1v) is 6.55. The number of rotatable bonds is 4. The van der Waals surface area contributed by atoms with Gasteiger partial charge in [-0.05, 0) is 58.6 Å². The van der Waals surface area contributed by atoms with Crippen LogP contribution < -0.4 is 5.32 Å². The van der Waals surface area contributed by atoms with Crippen molar-refractivity contribution in [1.29, 1.82) is 0 Å². The van der Waals surface area contributed by atoms with E-state index in [0.717, 1.165) is 34.4 Å². The summed E-state index contributed by atoms with van der Waals surface area (Å²) in [7, 11) is 0. The minimum atomic E-state index is -0.192. The van der Waals surface area contributed by atoms with Crippen molar-refractivity contribution in [3.05, 3.63) is 57.9 Å². The molecule has 0 amide bonds. The molecule has 94 valence electrons. The summed E-state index contributed by atoms with van der Waals surface area (Å²) in [5, 5.41) is 3.24. The molecule has 0 aliphatic carbocycles. The fourth-order valence-electron chi connectivity index (χ4n) is 1.68. The van der Waals surface area contributed by atoms with Crippen molar-refractivity contribution < 1.29 is 4.39 Å². The van der Waals surface area contributed by atoms with Crippen LogP contribution in [0, 0.1) is 12.7 Å². The van der Waals surface area contributed by atoms with E-state index in [1.54, 1.807) is 18.3 Å². The molecule has 1 aromatic carbocycles. The fraction of sp³-hybridized carbons (Fsp3) is 0.214. The van der Waals surface area contributed by atoms with Gasteiger partial charge in [0.1, 0.15) is 11.6 Å². The average Bonchev–Trinajstić information content (AvgIpc) is 2.35. The fourth-order valence-corrected chi connectivity index (χ4v) is 2.06. The van der Waals surface area contributed by atoms with Crippen LogP contribution in [0.2, 0.25) is 0 Å². The molecule has 0 fully saturated rings. The topological polar surface area (TPSA) is 24.9 Å². The lowest BCUT2D eigenvalue weighted by Gasteiger charge is -2.09. The molecule has 1 aromatic heterocycles. The van der Waals surface area contributed by atoms with Gasteiger partial charge >= 0.3 is 0 Å². The number of aryl methyl sites for hydroxylation is 1. The summed E-state index contributed by atoms with van der Waals surface area (Å²) >= 11 is 3.49. The first-order valence-electron chi connectivity index (χ1n) is 5.76. The highest BCUT2D eigenvalue weighted by molar-refractivity contribution is 9.10. The van der Waals surface area contributed by atoms with E-state index in [-0.39, 0.29) is 5.82 Å². The number of nitrogens with one attached hydrogen (secondary N) is 1. The van der Waals surface area contributed by atoms with E-state index in [9.17, 15) is 4.39 Å². The maximum Gasteiger partial charge on any atom is 0.140 e. The van der Waals surface area contributed by atoms with Crippen LogP contribution in [0.15, 0.2) is 41.0 Å². The van der Waals surface area contributed by atoms with Crippen LogP contribution in [0.3, 0.4) is 0 Å². The Balaban J connectivity index is 1.94. The molecule has 2 aromatic rings. The Morgan fingerprint density at radius 2 is 2.17 bits per heavy atom. The molecule has 2 nitrogen and oxygen atoms in total. The van der Waals surface area contributed by atoms with Crippen LogP contribution in [-0.2, 0) is 6.42 Å². The minimum absolute atomic E-state index is 0.192. The van der Waals surface area contributed by atoms with Crippen LogP contribution in [0.1, 0.15) is 11.1 Å². The lowest BCUT2D eigenvalue weighted by atomic mass is 10.1. The van der Waals surface area contributed by atoms with Gasteiger partial charge in [-0.2, -0.15) is 0 Å². The van der Waals surface area contributed by atoms with Gasteiger partial charge in [0, 0.05) is 12.7 Å². The van der Waals surface area contributed by atoms with Crippen molar-refractivity contribution >= 4 is 21.7 Å². The maximum atomic E-state index is 13.0. The number of anilines is 1. The third-order valence-electron chi connectivity index (χ3n) is 2.68. The van der Waals surface area contributed by atoms with E-state index >= 15 is 0 Å². The Kier molecular flexibility index (Phi) is 4.31. The van der Waals surface area contributed by atoms with E-state index in [1.807, 2.05) is 19.1 Å². The molecular formula is C14H14BrFN2. The van der Waals surface area contributed by atoms with Gasteiger partial charge in [-0.15, -0.1) is 0 Å². The van der Waals surface area contributed by atoms with Crippen LogP contribution in [0.4, 0.5) is 10.2 Å². The lowest BCUT2D eigenvalue weighted by Crippen LogP contribution is -2.07. The SMILES string of the molecule is Cc1ccnc(NCCc2cccc(F)c2)c1Br. The minimum Gasteiger partial charge on any atom is -0.369 e. The molecule has 0 atom stereocenters. The van der Waals surface area contributed by atoms with Crippen LogP contribution in [0.5, 0.6) is 0 Å². The van der Waals surface area contributed by atoms with Gasteiger partial charge in [-0.25, -0.2) is 9.37 Å². The van der Waals surface area contributed by atoms with Gasteiger partial charge < -0.3 is 5.32 Å². The van der Waals surface area contributed by atoms with Gasteiger partial charge in [0.05, 0.1) is 4.47 Å². The van der Waals surface area contributed by atoms with E-state index in [4.69, 9.17) is 0 Å². The summed E-state index contributed by atoms with van der Waals surface area (Å²) in [6.07, 6.45) is 2.53. The third-order valence-corrected chi connectivity index (χ3v) is 3.68. The Labute approximate surface area is 114 Å². The molecule has 0 spiro atoms. The zero-order valence-corrected chi connectivity index (χ0v) is 11.7. The van der Waals surface area contributed by atoms with Crippen molar-refractivity contribution in [1.82, 2.24) is 4.98 Å². The van der Waals surface area contributed by atoms with Crippen molar-refractivity contribution in [2.75, 3.05) is 11.9 Å². The molecule has 18 heavy (non-hydrogen) atoms. The Morgan fingerprint density at radius 3 is 2.94 bits per heavy atom. The number of benzene rings is 1. The van der Waals surface area contributed by atoms with Gasteiger partial charge in [-0.3, -0.25) is 0 Å². The number of hydrogen-bond donors (Lipinski definition) is 1. The van der Waals surface area contributed by atoms with Gasteiger partial charge in [0.25, 0.3) is 0 Å². The predicted molar refractivity (Wildman–Crippen MR) is 75.3 cm³/mol. The summed E-state index contributed by atoms with van der Waals surface area (Å²) in [4.78, 5) is 4.26. The van der Waals surface area contributed by atoms with Gasteiger partial charge in [0.15, 0.2) is 0 Å². The van der Waals surface area contributed by atoms with Crippen molar-refractivity contribution in [2.24, 2.45) is 0 Å². The van der Waals surface area contributed by atoms with Gasteiger partial charge in [-0.1, -0.05) is 12.1 Å². The number of hydrogen-bond acceptors (Lipinski definition) is 2. The van der Waals surface area contributed by atoms with Crippen molar-refractivity contribution in [2.45, 2.75) is 13.3 Å². The number of aromatic nitrogens is 1. The predicted octanol–water partition coefficient (Wildman–Crippen LogP) is 3.95. The van der Waals surface area contributed by atoms with Crippen molar-refractivity contribution in [3.8, 4) is 0 Å². The molecule has 4 heteroatoms. The summed E-state index contributed by atoms with van der Waals surface area (Å²) in [5.41, 5.74) is 2.12. The van der Waals surface area contributed by atoms with Gasteiger partial charge in [0.2, 0.25) is 0 Å². The standard InChI is InChI=1S/C14H14BrFN2/c1-10-5-7-17-14(13(10)15)18-8-6-11-3-2-4-12(16)9-11/h2-5,7,9H,6,8H2,1H3,(H,17,18). The zero-order valence-electron chi connectivity index (χ0n) is 10.1. The summed E-state index contributed by atoms with van der Waals surface area (Å²) < 4.78 is 14.0. The third kappa shape index (κ3) is 3.29. The van der Waals surface area contributed by atoms with E-state index in [1.165, 1.54) is 6.07 Å². The van der Waals surface area contributed by atoms with E-state index < -0.39 is 0 Å². The molecule has 0 aliphatic heterocycles. The molecule has 0 saturated heterocycles.